The molecule has 4 aliphatic heterocycles. The Bertz CT molecular complexity index is 1370. The van der Waals surface area contributed by atoms with Crippen LogP contribution in [-0.2, 0) is 28.4 Å². The van der Waals surface area contributed by atoms with Gasteiger partial charge in [0.1, 0.15) is 48.8 Å². The lowest BCUT2D eigenvalue weighted by molar-refractivity contribution is -0.424. The average Bonchev–Trinajstić information content (AvgIpc) is 3.18. The minimum Gasteiger partial charge on any atom is -0.461 e. The molecule has 0 spiro atoms. The van der Waals surface area contributed by atoms with Crippen molar-refractivity contribution in [2.24, 2.45) is 11.3 Å². The topological polar surface area (TPSA) is 170 Å². The number of esters is 2. The molecule has 4 N–H and O–H groups in total. The lowest BCUT2D eigenvalue weighted by Crippen LogP contribution is -2.80. The van der Waals surface area contributed by atoms with E-state index in [1.54, 1.807) is 67.6 Å². The molecule has 2 aromatic rings. The molecule has 7 aliphatic rings. The quantitative estimate of drug-likeness (QED) is 0.318. The standard InChI is InChI=1S/C30H32O12/c1-27-14-29(36)19-12-30(27,28(19,26(41-27)42-29)15-38-24(35)17-10-6-3-7-11-17)40-25-22(33)21(32)20(31)18(39-25)13-37-23(34)16-8-4-2-5-9-16/h2-11,18-22,25-26,31-33,36H,12-15H2,1H3/t18-,19+,20+,21+,22-,25+,26+,27-,28-,29+,30-/m1/s1. The first-order valence-corrected chi connectivity index (χ1v) is 13.9. The third-order valence-corrected chi connectivity index (χ3v) is 9.78. The summed E-state index contributed by atoms with van der Waals surface area (Å²) in [7, 11) is 0. The van der Waals surface area contributed by atoms with Gasteiger partial charge in [-0.05, 0) is 37.6 Å². The molecule has 9 rings (SSSR count). The molecule has 12 heteroatoms. The second kappa shape index (κ2) is 9.53. The number of benzene rings is 2. The molecule has 6 bridgehead atoms. The first kappa shape index (κ1) is 27.9. The second-order valence-corrected chi connectivity index (χ2v) is 12.0. The van der Waals surface area contributed by atoms with E-state index in [2.05, 4.69) is 0 Å². The number of aliphatic hydroxyl groups excluding tert-OH is 3. The molecule has 0 amide bonds. The number of carbonyl (C=O) groups excluding carboxylic acids is 2. The van der Waals surface area contributed by atoms with Crippen molar-refractivity contribution in [2.75, 3.05) is 13.2 Å². The Morgan fingerprint density at radius 1 is 0.881 bits per heavy atom. The van der Waals surface area contributed by atoms with Crippen molar-refractivity contribution in [1.29, 1.82) is 0 Å². The highest BCUT2D eigenvalue weighted by atomic mass is 16.8. The van der Waals surface area contributed by atoms with E-state index in [-0.39, 0.29) is 19.4 Å². The molecule has 12 nitrogen and oxygen atoms in total. The van der Waals surface area contributed by atoms with Crippen molar-refractivity contribution in [1.82, 2.24) is 0 Å². The summed E-state index contributed by atoms with van der Waals surface area (Å²) < 4.78 is 35.7. The van der Waals surface area contributed by atoms with Crippen LogP contribution in [0.3, 0.4) is 0 Å². The first-order valence-electron chi connectivity index (χ1n) is 13.9. The maximum absolute atomic E-state index is 12.9. The predicted octanol–water partition coefficient (Wildman–Crippen LogP) is 0.507. The van der Waals surface area contributed by atoms with E-state index in [1.165, 1.54) is 0 Å². The summed E-state index contributed by atoms with van der Waals surface area (Å²) in [6, 6.07) is 16.7. The molecule has 224 valence electrons. The van der Waals surface area contributed by atoms with Gasteiger partial charge in [0.25, 0.3) is 0 Å². The number of carbonyl (C=O) groups is 2. The second-order valence-electron chi connectivity index (χ2n) is 12.0. The van der Waals surface area contributed by atoms with Crippen LogP contribution >= 0.6 is 0 Å². The molecule has 0 aromatic heterocycles. The average molecular weight is 585 g/mol. The van der Waals surface area contributed by atoms with Gasteiger partial charge in [0.2, 0.25) is 0 Å². The van der Waals surface area contributed by atoms with Gasteiger partial charge in [0.15, 0.2) is 18.4 Å². The van der Waals surface area contributed by atoms with Crippen molar-refractivity contribution in [3.63, 3.8) is 0 Å². The maximum atomic E-state index is 12.9. The van der Waals surface area contributed by atoms with E-state index >= 15 is 0 Å². The van der Waals surface area contributed by atoms with Gasteiger partial charge in [-0.15, -0.1) is 0 Å². The lowest BCUT2D eigenvalue weighted by Gasteiger charge is -2.67. The molecule has 7 fully saturated rings. The van der Waals surface area contributed by atoms with Gasteiger partial charge < -0.3 is 48.8 Å². The van der Waals surface area contributed by atoms with Gasteiger partial charge in [-0.25, -0.2) is 9.59 Å². The molecule has 4 heterocycles. The third kappa shape index (κ3) is 3.70. The molecule has 4 saturated heterocycles. The van der Waals surface area contributed by atoms with Gasteiger partial charge in [0, 0.05) is 12.3 Å². The maximum Gasteiger partial charge on any atom is 0.338 e. The molecule has 0 unspecified atom stereocenters. The SMILES string of the molecule is C[C@]12C[C@]3(O)O[C@H](O1)[C@@]1(COC(=O)c4ccccc4)[C@@H]3C[C@]12O[C@@H]1O[C@H](COC(=O)c2ccccc2)[C@H](O)[C@H](O)[C@H]1O. The molecular formula is C30H32O12. The van der Waals surface area contributed by atoms with Crippen molar-refractivity contribution in [3.05, 3.63) is 71.8 Å². The van der Waals surface area contributed by atoms with Crippen LogP contribution in [0.2, 0.25) is 0 Å². The zero-order valence-electron chi connectivity index (χ0n) is 22.7. The fraction of sp³-hybridized carbons (Fsp3) is 0.533. The molecule has 11 atom stereocenters. The van der Waals surface area contributed by atoms with Gasteiger partial charge in [0.05, 0.1) is 16.5 Å². The Morgan fingerprint density at radius 2 is 1.50 bits per heavy atom. The number of hydrogen-bond donors (Lipinski definition) is 4. The van der Waals surface area contributed by atoms with Crippen LogP contribution in [-0.4, -0.2) is 99.6 Å². The Hall–Kier alpha value is -2.94. The van der Waals surface area contributed by atoms with Gasteiger partial charge in [-0.3, -0.25) is 0 Å². The highest BCUT2D eigenvalue weighted by molar-refractivity contribution is 5.89. The van der Waals surface area contributed by atoms with E-state index < -0.39 is 83.9 Å². The molecule has 3 saturated carbocycles. The fourth-order valence-electron chi connectivity index (χ4n) is 7.68. The third-order valence-electron chi connectivity index (χ3n) is 9.78. The number of hydrogen-bond acceptors (Lipinski definition) is 12. The van der Waals surface area contributed by atoms with E-state index in [4.69, 9.17) is 28.4 Å². The molecular weight excluding hydrogens is 552 g/mol. The van der Waals surface area contributed by atoms with E-state index in [9.17, 15) is 30.0 Å². The van der Waals surface area contributed by atoms with E-state index in [0.717, 1.165) is 0 Å². The Kier molecular flexibility index (Phi) is 6.32. The monoisotopic (exact) mass is 584 g/mol. The van der Waals surface area contributed by atoms with Gasteiger partial charge >= 0.3 is 11.9 Å². The summed E-state index contributed by atoms with van der Waals surface area (Å²) >= 11 is 0. The van der Waals surface area contributed by atoms with Crippen LogP contribution in [0.15, 0.2) is 60.7 Å². The summed E-state index contributed by atoms with van der Waals surface area (Å²) in [6.45, 7) is 1.12. The highest BCUT2D eigenvalue weighted by Crippen LogP contribution is 2.81. The summed E-state index contributed by atoms with van der Waals surface area (Å²) in [5.74, 6) is -3.25. The summed E-state index contributed by atoms with van der Waals surface area (Å²) in [6.07, 6.45) is -8.34. The van der Waals surface area contributed by atoms with E-state index in [0.29, 0.717) is 11.1 Å². The summed E-state index contributed by atoms with van der Waals surface area (Å²) in [5, 5.41) is 43.6. The number of rotatable bonds is 8. The lowest BCUT2D eigenvalue weighted by atomic mass is 9.41. The Labute approximate surface area is 240 Å². The molecule has 42 heavy (non-hydrogen) atoms. The minimum absolute atomic E-state index is 0.0572. The molecule has 2 aromatic carbocycles. The van der Waals surface area contributed by atoms with Crippen molar-refractivity contribution in [3.8, 4) is 0 Å². The van der Waals surface area contributed by atoms with Crippen LogP contribution in [0, 0.1) is 11.3 Å². The van der Waals surface area contributed by atoms with Crippen LogP contribution < -0.4 is 0 Å². The molecule has 0 radical (unpaired) electrons. The summed E-state index contributed by atoms with van der Waals surface area (Å²) in [5.41, 5.74) is -2.88. The fourth-order valence-corrected chi connectivity index (χ4v) is 7.68. The van der Waals surface area contributed by atoms with Crippen LogP contribution in [0.25, 0.3) is 0 Å². The molecule has 3 aliphatic carbocycles. The van der Waals surface area contributed by atoms with Crippen molar-refractivity contribution in [2.45, 2.75) is 73.8 Å². The summed E-state index contributed by atoms with van der Waals surface area (Å²) in [4.78, 5) is 25.4. The number of ether oxygens (including phenoxy) is 6. The largest absolute Gasteiger partial charge is 0.461 e. The van der Waals surface area contributed by atoms with Crippen LogP contribution in [0.1, 0.15) is 40.5 Å². The number of aliphatic hydroxyl groups is 4. The Morgan fingerprint density at radius 3 is 2.14 bits per heavy atom. The van der Waals surface area contributed by atoms with Crippen LogP contribution in [0.4, 0.5) is 0 Å². The normalized spacial score (nSPS) is 44.5. The highest BCUT2D eigenvalue weighted by Gasteiger charge is 2.94. The predicted molar refractivity (Wildman–Crippen MR) is 138 cm³/mol. The minimum atomic E-state index is -1.69. The zero-order chi connectivity index (χ0) is 29.5. The zero-order valence-corrected chi connectivity index (χ0v) is 22.7. The Balaban J connectivity index is 1.13. The van der Waals surface area contributed by atoms with Crippen molar-refractivity contribution >= 4 is 11.9 Å². The van der Waals surface area contributed by atoms with Crippen molar-refractivity contribution < 1.29 is 58.4 Å². The smallest absolute Gasteiger partial charge is 0.338 e. The van der Waals surface area contributed by atoms with E-state index in [1.807, 2.05) is 0 Å². The first-order chi connectivity index (χ1) is 20.0. The van der Waals surface area contributed by atoms with Gasteiger partial charge in [-0.1, -0.05) is 36.4 Å². The van der Waals surface area contributed by atoms with Crippen LogP contribution in [0.5, 0.6) is 0 Å². The van der Waals surface area contributed by atoms with Gasteiger partial charge in [-0.2, -0.15) is 0 Å².